The average Bonchev–Trinajstić information content (AvgIpc) is 2.61. The Labute approximate surface area is 144 Å². The topological polar surface area (TPSA) is 62.1 Å². The first kappa shape index (κ1) is 18.1. The number of nitrogens with one attached hydrogen (secondary N) is 1. The van der Waals surface area contributed by atoms with Gasteiger partial charge >= 0.3 is 6.61 Å². The van der Waals surface area contributed by atoms with Crippen molar-refractivity contribution in [2.75, 3.05) is 6.54 Å². The monoisotopic (exact) mass is 342 g/mol. The van der Waals surface area contributed by atoms with Crippen LogP contribution in [0.25, 0.3) is 6.08 Å². The number of nitriles is 1. The van der Waals surface area contributed by atoms with Crippen LogP contribution in [-0.4, -0.2) is 19.1 Å². The van der Waals surface area contributed by atoms with E-state index in [2.05, 4.69) is 10.1 Å². The van der Waals surface area contributed by atoms with Crippen molar-refractivity contribution < 1.29 is 18.3 Å². The molecule has 0 saturated carbocycles. The molecular formula is C19H16F2N2O2. The minimum absolute atomic E-state index is 0.0951. The third kappa shape index (κ3) is 5.74. The van der Waals surface area contributed by atoms with E-state index in [0.29, 0.717) is 13.0 Å². The quantitative estimate of drug-likeness (QED) is 0.618. The summed E-state index contributed by atoms with van der Waals surface area (Å²) < 4.78 is 29.2. The molecule has 0 heterocycles. The van der Waals surface area contributed by atoms with Gasteiger partial charge in [-0.1, -0.05) is 48.5 Å². The van der Waals surface area contributed by atoms with E-state index in [1.165, 1.54) is 24.3 Å². The van der Waals surface area contributed by atoms with Crippen LogP contribution in [0, 0.1) is 11.3 Å². The Morgan fingerprint density at radius 2 is 1.84 bits per heavy atom. The molecule has 6 heteroatoms. The van der Waals surface area contributed by atoms with Crippen molar-refractivity contribution in [2.45, 2.75) is 13.0 Å². The Hall–Kier alpha value is -3.20. The summed E-state index contributed by atoms with van der Waals surface area (Å²) in [6.45, 7) is -2.63. The molecular weight excluding hydrogens is 326 g/mol. The Balaban J connectivity index is 2.04. The Kier molecular flexibility index (Phi) is 6.66. The molecule has 25 heavy (non-hydrogen) atoms. The molecule has 0 aliphatic carbocycles. The van der Waals surface area contributed by atoms with Gasteiger partial charge in [0.25, 0.3) is 5.91 Å². The van der Waals surface area contributed by atoms with E-state index >= 15 is 0 Å². The summed E-state index contributed by atoms with van der Waals surface area (Å²) in [5, 5.41) is 11.8. The number of nitrogens with zero attached hydrogens (tertiary/aromatic N) is 1. The molecule has 0 radical (unpaired) electrons. The number of hydrogen-bond donors (Lipinski definition) is 1. The lowest BCUT2D eigenvalue weighted by atomic mass is 10.1. The maximum absolute atomic E-state index is 12.4. The van der Waals surface area contributed by atoms with Crippen molar-refractivity contribution in [1.82, 2.24) is 5.32 Å². The molecule has 128 valence electrons. The van der Waals surface area contributed by atoms with Gasteiger partial charge < -0.3 is 10.1 Å². The first-order valence-corrected chi connectivity index (χ1v) is 7.58. The van der Waals surface area contributed by atoms with Crippen LogP contribution >= 0.6 is 0 Å². The number of para-hydroxylation sites is 1. The number of ether oxygens (including phenoxy) is 1. The number of carbonyl (C=O) groups excluding carboxylic acids is 1. The van der Waals surface area contributed by atoms with Crippen LogP contribution in [0.3, 0.4) is 0 Å². The third-order valence-corrected chi connectivity index (χ3v) is 3.34. The SMILES string of the molecule is N#C/C(=C/c1ccccc1OC(F)F)C(=O)NCCc1ccccc1. The highest BCUT2D eigenvalue weighted by Crippen LogP contribution is 2.22. The van der Waals surface area contributed by atoms with Crippen molar-refractivity contribution in [3.63, 3.8) is 0 Å². The van der Waals surface area contributed by atoms with Crippen molar-refractivity contribution in [2.24, 2.45) is 0 Å². The summed E-state index contributed by atoms with van der Waals surface area (Å²) in [4.78, 5) is 12.1. The highest BCUT2D eigenvalue weighted by Gasteiger charge is 2.12. The smallest absolute Gasteiger partial charge is 0.387 e. The lowest BCUT2D eigenvalue weighted by Crippen LogP contribution is -2.26. The van der Waals surface area contributed by atoms with Gasteiger partial charge in [0.15, 0.2) is 0 Å². The molecule has 1 amide bonds. The standard InChI is InChI=1S/C19H16F2N2O2/c20-19(21)25-17-9-5-4-8-15(17)12-16(13-22)18(24)23-11-10-14-6-2-1-3-7-14/h1-9,12,19H,10-11H2,(H,23,24)/b16-12-. The van der Waals surface area contributed by atoms with Crippen molar-refractivity contribution in [3.8, 4) is 11.8 Å². The first-order valence-electron chi connectivity index (χ1n) is 7.58. The molecule has 0 aliphatic rings. The fourth-order valence-electron chi connectivity index (χ4n) is 2.17. The average molecular weight is 342 g/mol. The van der Waals surface area contributed by atoms with E-state index in [1.807, 2.05) is 30.3 Å². The maximum Gasteiger partial charge on any atom is 0.387 e. The zero-order valence-electron chi connectivity index (χ0n) is 13.3. The molecule has 0 atom stereocenters. The van der Waals surface area contributed by atoms with Crippen LogP contribution in [0.4, 0.5) is 8.78 Å². The molecule has 0 unspecified atom stereocenters. The van der Waals surface area contributed by atoms with Crippen LogP contribution in [0.2, 0.25) is 0 Å². The predicted molar refractivity (Wildman–Crippen MR) is 89.8 cm³/mol. The molecule has 0 fully saturated rings. The second kappa shape index (κ2) is 9.18. The molecule has 2 rings (SSSR count). The normalized spacial score (nSPS) is 11.0. The molecule has 0 bridgehead atoms. The van der Waals surface area contributed by atoms with Gasteiger partial charge in [-0.2, -0.15) is 14.0 Å². The molecule has 0 aromatic heterocycles. The summed E-state index contributed by atoms with van der Waals surface area (Å²) >= 11 is 0. The van der Waals surface area contributed by atoms with Crippen LogP contribution in [0.1, 0.15) is 11.1 Å². The highest BCUT2D eigenvalue weighted by molar-refractivity contribution is 6.01. The number of hydrogen-bond acceptors (Lipinski definition) is 3. The molecule has 1 N–H and O–H groups in total. The molecule has 2 aromatic rings. The lowest BCUT2D eigenvalue weighted by molar-refractivity contribution is -0.117. The Morgan fingerprint density at radius 3 is 2.52 bits per heavy atom. The molecule has 2 aromatic carbocycles. The predicted octanol–water partition coefficient (Wildman–Crippen LogP) is 3.55. The lowest BCUT2D eigenvalue weighted by Gasteiger charge is -2.08. The van der Waals surface area contributed by atoms with Gasteiger partial charge in [0.2, 0.25) is 0 Å². The number of carbonyl (C=O) groups is 1. The van der Waals surface area contributed by atoms with Gasteiger partial charge in [0.1, 0.15) is 17.4 Å². The fourth-order valence-corrected chi connectivity index (χ4v) is 2.17. The van der Waals surface area contributed by atoms with Crippen LogP contribution in [0.5, 0.6) is 5.75 Å². The van der Waals surface area contributed by atoms with E-state index in [1.54, 1.807) is 12.1 Å². The van der Waals surface area contributed by atoms with E-state index in [9.17, 15) is 18.8 Å². The highest BCUT2D eigenvalue weighted by atomic mass is 19.3. The molecule has 0 aliphatic heterocycles. The van der Waals surface area contributed by atoms with Gasteiger partial charge in [-0.15, -0.1) is 0 Å². The number of alkyl halides is 2. The van der Waals surface area contributed by atoms with Gasteiger partial charge in [-0.3, -0.25) is 4.79 Å². The van der Waals surface area contributed by atoms with Crippen LogP contribution in [0.15, 0.2) is 60.2 Å². The van der Waals surface area contributed by atoms with Crippen molar-refractivity contribution >= 4 is 12.0 Å². The fraction of sp³-hybridized carbons (Fsp3) is 0.158. The van der Waals surface area contributed by atoms with Gasteiger partial charge in [0.05, 0.1) is 0 Å². The van der Waals surface area contributed by atoms with Gasteiger partial charge in [0, 0.05) is 12.1 Å². The molecule has 0 saturated heterocycles. The zero-order valence-corrected chi connectivity index (χ0v) is 13.3. The minimum atomic E-state index is -2.99. The van der Waals surface area contributed by atoms with Crippen molar-refractivity contribution in [3.05, 3.63) is 71.3 Å². The minimum Gasteiger partial charge on any atom is -0.434 e. The summed E-state index contributed by atoms with van der Waals surface area (Å²) in [7, 11) is 0. The Bertz CT molecular complexity index is 784. The largest absolute Gasteiger partial charge is 0.434 e. The second-order valence-electron chi connectivity index (χ2n) is 5.08. The van der Waals surface area contributed by atoms with E-state index < -0.39 is 12.5 Å². The van der Waals surface area contributed by atoms with E-state index in [-0.39, 0.29) is 16.9 Å². The van der Waals surface area contributed by atoms with Crippen LogP contribution < -0.4 is 10.1 Å². The number of amides is 1. The zero-order chi connectivity index (χ0) is 18.1. The Morgan fingerprint density at radius 1 is 1.16 bits per heavy atom. The molecule has 4 nitrogen and oxygen atoms in total. The van der Waals surface area contributed by atoms with E-state index in [4.69, 9.17) is 0 Å². The molecule has 0 spiro atoms. The first-order chi connectivity index (χ1) is 12.1. The van der Waals surface area contributed by atoms with Crippen LogP contribution in [-0.2, 0) is 11.2 Å². The number of rotatable bonds is 7. The van der Waals surface area contributed by atoms with Gasteiger partial charge in [-0.25, -0.2) is 0 Å². The third-order valence-electron chi connectivity index (χ3n) is 3.34. The van der Waals surface area contributed by atoms with Crippen molar-refractivity contribution in [1.29, 1.82) is 5.26 Å². The second-order valence-corrected chi connectivity index (χ2v) is 5.08. The van der Waals surface area contributed by atoms with E-state index in [0.717, 1.165) is 5.56 Å². The summed E-state index contributed by atoms with van der Waals surface area (Å²) in [5.74, 6) is -0.660. The summed E-state index contributed by atoms with van der Waals surface area (Å²) in [6, 6.07) is 17.3. The number of benzene rings is 2. The van der Waals surface area contributed by atoms with Gasteiger partial charge in [-0.05, 0) is 24.1 Å². The number of halogens is 2. The summed E-state index contributed by atoms with van der Waals surface area (Å²) in [6.07, 6.45) is 1.85. The maximum atomic E-state index is 12.4. The summed E-state index contributed by atoms with van der Waals surface area (Å²) in [5.41, 5.74) is 1.11.